The van der Waals surface area contributed by atoms with E-state index in [4.69, 9.17) is 9.47 Å². The van der Waals surface area contributed by atoms with Gasteiger partial charge in [0.05, 0.1) is 33.3 Å². The van der Waals surface area contributed by atoms with Gasteiger partial charge in [-0.25, -0.2) is 22.8 Å². The van der Waals surface area contributed by atoms with E-state index in [1.807, 2.05) is 103 Å². The van der Waals surface area contributed by atoms with Crippen LogP contribution in [-0.2, 0) is 19.6 Å². The molecule has 1 atom stereocenters. The van der Waals surface area contributed by atoms with Crippen molar-refractivity contribution in [1.82, 2.24) is 0 Å². The smallest absolute Gasteiger partial charge is 0.396 e. The Labute approximate surface area is 342 Å². The molecule has 46 heavy (non-hydrogen) atoms. The summed E-state index contributed by atoms with van der Waals surface area (Å²) in [4.78, 5) is 39.9. The highest BCUT2D eigenvalue weighted by Crippen LogP contribution is 2.41. The first kappa shape index (κ1) is 41.0. The van der Waals surface area contributed by atoms with Crippen molar-refractivity contribution in [1.29, 1.82) is 0 Å². The van der Waals surface area contributed by atoms with E-state index in [1.54, 1.807) is 22.6 Å². The van der Waals surface area contributed by atoms with Gasteiger partial charge in [-0.1, -0.05) is 5.57 Å². The average Bonchev–Trinajstić information content (AvgIpc) is 2.94. The van der Waals surface area contributed by atoms with Gasteiger partial charge in [0.25, 0.3) is 0 Å². The molecule has 0 spiro atoms. The molecule has 0 saturated heterocycles. The van der Waals surface area contributed by atoms with Crippen LogP contribution in [0.2, 0.25) is 0 Å². The summed E-state index contributed by atoms with van der Waals surface area (Å²) >= 11 is 11.5. The molecule has 2 aromatic carbocycles. The lowest BCUT2D eigenvalue weighted by molar-refractivity contribution is -0.168. The molecular formula is C26H17F4I6O9S-. The minimum atomic E-state index is -6.70. The van der Waals surface area contributed by atoms with Gasteiger partial charge in [-0.05, 0) is 180 Å². The first-order chi connectivity index (χ1) is 21.1. The molecule has 252 valence electrons. The quantitative estimate of drug-likeness (QED) is 0.0336. The molecule has 0 radical (unpaired) electrons. The van der Waals surface area contributed by atoms with Gasteiger partial charge in [0, 0.05) is 17.9 Å². The van der Waals surface area contributed by atoms with Crippen molar-refractivity contribution in [2.45, 2.75) is 49.9 Å². The van der Waals surface area contributed by atoms with Gasteiger partial charge in [0.15, 0.2) is 10.1 Å². The van der Waals surface area contributed by atoms with E-state index in [0.29, 0.717) is 24.3 Å². The number of allylic oxidation sites excluding steroid dienone is 1. The number of ether oxygens (including phenoxy) is 3. The third-order valence-corrected chi connectivity index (χ3v) is 16.4. The molecule has 3 rings (SSSR count). The summed E-state index contributed by atoms with van der Waals surface area (Å²) in [5, 5.41) is -5.93. The molecule has 0 heterocycles. The molecule has 0 aliphatic heterocycles. The third-order valence-electron chi connectivity index (χ3n) is 6.30. The summed E-state index contributed by atoms with van der Waals surface area (Å²) < 4.78 is 105. The number of carbonyl (C=O) groups excluding carboxylic acids is 3. The third kappa shape index (κ3) is 9.28. The average molecular weight is 1340 g/mol. The lowest BCUT2D eigenvalue weighted by atomic mass is 9.98. The zero-order valence-electron chi connectivity index (χ0n) is 22.7. The Balaban J connectivity index is 1.90. The van der Waals surface area contributed by atoms with Crippen LogP contribution < -0.4 is 4.74 Å². The largest absolute Gasteiger partial charge is 0.743 e. The molecule has 1 unspecified atom stereocenters. The maximum Gasteiger partial charge on any atom is 0.396 e. The summed E-state index contributed by atoms with van der Waals surface area (Å²) in [5.41, 5.74) is 0.700. The summed E-state index contributed by atoms with van der Waals surface area (Å²) in [7, 11) is -6.70. The predicted molar refractivity (Wildman–Crippen MR) is 205 cm³/mol. The molecule has 0 aromatic heterocycles. The van der Waals surface area contributed by atoms with Gasteiger partial charge < -0.3 is 18.8 Å². The Morgan fingerprint density at radius 1 is 0.891 bits per heavy atom. The fourth-order valence-corrected chi connectivity index (χ4v) is 9.92. The van der Waals surface area contributed by atoms with Crippen molar-refractivity contribution in [3.05, 3.63) is 61.9 Å². The van der Waals surface area contributed by atoms with E-state index < -0.39 is 58.3 Å². The van der Waals surface area contributed by atoms with Crippen LogP contribution in [0.25, 0.3) is 0 Å². The minimum absolute atomic E-state index is 0.00517. The number of hydrogen-bond acceptors (Lipinski definition) is 9. The molecule has 0 N–H and O–H groups in total. The van der Waals surface area contributed by atoms with Crippen LogP contribution in [0.5, 0.6) is 5.75 Å². The van der Waals surface area contributed by atoms with Gasteiger partial charge in [-0.15, -0.1) is 0 Å². The fraction of sp³-hybridized carbons (Fsp3) is 0.346. The topological polar surface area (TPSA) is 136 Å². The van der Waals surface area contributed by atoms with Crippen molar-refractivity contribution in [2.75, 3.05) is 6.61 Å². The van der Waals surface area contributed by atoms with Crippen LogP contribution in [0.3, 0.4) is 0 Å². The van der Waals surface area contributed by atoms with Crippen LogP contribution in [0, 0.1) is 21.4 Å². The molecule has 20 heteroatoms. The summed E-state index contributed by atoms with van der Waals surface area (Å²) in [6.07, 6.45) is 1.77. The number of esters is 3. The summed E-state index contributed by atoms with van der Waals surface area (Å²) in [6.45, 7) is 0.568. The lowest BCUT2D eigenvalue weighted by Gasteiger charge is -2.28. The first-order valence-electron chi connectivity index (χ1n) is 12.4. The summed E-state index contributed by atoms with van der Waals surface area (Å²) in [6, 6.07) is 2.47. The number of halogens is 10. The van der Waals surface area contributed by atoms with Crippen molar-refractivity contribution in [3.8, 4) is 5.75 Å². The van der Waals surface area contributed by atoms with E-state index >= 15 is 0 Å². The van der Waals surface area contributed by atoms with Crippen LogP contribution in [0.1, 0.15) is 63.7 Å². The number of rotatable bonds is 10. The van der Waals surface area contributed by atoms with Crippen LogP contribution >= 0.6 is 136 Å². The number of alkyl halides is 4. The highest BCUT2D eigenvalue weighted by atomic mass is 127. The predicted octanol–water partition coefficient (Wildman–Crippen LogP) is 8.51. The Kier molecular flexibility index (Phi) is 14.5. The maximum atomic E-state index is 13.8. The number of benzene rings is 2. The molecule has 0 bridgehead atoms. The SMILES string of the molecule is CC1=CC(OC(=O)c2c(I)c(I)c(I)c(I)c2C(=O)Oc2cc(C(=O)OCCC(F)(F)C(F)(F)S(=O)(=O)[O-])c(I)cc2I)CCC1. The highest BCUT2D eigenvalue weighted by molar-refractivity contribution is 14.1. The molecule has 0 saturated carbocycles. The van der Waals surface area contributed by atoms with Crippen LogP contribution in [-0.4, -0.2) is 54.8 Å². The van der Waals surface area contributed by atoms with Crippen LogP contribution in [0.4, 0.5) is 17.6 Å². The Morgan fingerprint density at radius 2 is 1.46 bits per heavy atom. The van der Waals surface area contributed by atoms with E-state index in [9.17, 15) is 44.9 Å². The zero-order valence-corrected chi connectivity index (χ0v) is 36.5. The molecule has 1 aliphatic rings. The highest BCUT2D eigenvalue weighted by Gasteiger charge is 2.61. The fourth-order valence-electron chi connectivity index (χ4n) is 3.96. The second kappa shape index (κ2) is 16.3. The Bertz CT molecular complexity index is 1730. The Morgan fingerprint density at radius 3 is 2.00 bits per heavy atom. The molecule has 1 aliphatic carbocycles. The second-order valence-electron chi connectivity index (χ2n) is 9.57. The van der Waals surface area contributed by atoms with Crippen molar-refractivity contribution >= 4 is 164 Å². The van der Waals surface area contributed by atoms with Crippen molar-refractivity contribution in [2.24, 2.45) is 0 Å². The minimum Gasteiger partial charge on any atom is -0.743 e. The lowest BCUT2D eigenvalue weighted by Crippen LogP contribution is -2.47. The molecule has 2 aromatic rings. The van der Waals surface area contributed by atoms with Gasteiger partial charge in [0.2, 0.25) is 0 Å². The number of carbonyl (C=O) groups is 3. The van der Waals surface area contributed by atoms with Gasteiger partial charge >= 0.3 is 29.1 Å². The Hall–Kier alpha value is 0.600. The van der Waals surface area contributed by atoms with Gasteiger partial charge in [0.1, 0.15) is 11.9 Å². The summed E-state index contributed by atoms with van der Waals surface area (Å²) in [5.74, 6) is -8.46. The van der Waals surface area contributed by atoms with E-state index in [1.165, 1.54) is 6.07 Å². The standard InChI is InChI=1S/C26H18F4I6O9S/c1-10-3-2-4-11(7-10)44-23(38)16-17(19(34)21(36)20(35)18(16)33)24(39)45-15-8-12(13(31)9-14(15)32)22(37)43-6-5-25(27,28)26(29,30)46(40,41)42/h7-9,11H,2-6H2,1H3,(H,40,41,42)/p-1. The zero-order chi connectivity index (χ0) is 34.9. The van der Waals surface area contributed by atoms with E-state index in [-0.39, 0.29) is 26.0 Å². The monoisotopic (exact) mass is 1340 g/mol. The number of hydrogen-bond donors (Lipinski definition) is 0. The molecule has 9 nitrogen and oxygen atoms in total. The molecular weight excluding hydrogens is 1330 g/mol. The van der Waals surface area contributed by atoms with Crippen molar-refractivity contribution < 1.29 is 59.1 Å². The molecule has 0 fully saturated rings. The molecule has 0 amide bonds. The van der Waals surface area contributed by atoms with Gasteiger partial charge in [-0.2, -0.15) is 17.6 Å². The van der Waals surface area contributed by atoms with Gasteiger partial charge in [-0.3, -0.25) is 0 Å². The normalized spacial score (nSPS) is 15.7. The second-order valence-corrected chi connectivity index (χ2v) is 17.6. The van der Waals surface area contributed by atoms with E-state index in [2.05, 4.69) is 27.3 Å². The van der Waals surface area contributed by atoms with Crippen LogP contribution in [0.15, 0.2) is 23.8 Å². The van der Waals surface area contributed by atoms with E-state index in [0.717, 1.165) is 24.5 Å². The van der Waals surface area contributed by atoms with Crippen molar-refractivity contribution in [3.63, 3.8) is 0 Å². The first-order valence-corrected chi connectivity index (χ1v) is 20.3. The maximum absolute atomic E-state index is 13.8.